The molecule has 1 aromatic rings. The Hall–Kier alpha value is -1.44. The molecule has 0 aliphatic rings. The van der Waals surface area contributed by atoms with E-state index in [1.165, 1.54) is 10.8 Å². The van der Waals surface area contributed by atoms with Crippen LogP contribution in [0.2, 0.25) is 0 Å². The van der Waals surface area contributed by atoms with Crippen molar-refractivity contribution in [2.24, 2.45) is 0 Å². The molecule has 108 valence electrons. The summed E-state index contributed by atoms with van der Waals surface area (Å²) in [4.78, 5) is 25.1. The van der Waals surface area contributed by atoms with E-state index in [1.54, 1.807) is 20.8 Å². The summed E-state index contributed by atoms with van der Waals surface area (Å²) in [5.74, 6) is 0. The van der Waals surface area contributed by atoms with Crippen molar-refractivity contribution in [3.8, 4) is 0 Å². The van der Waals surface area contributed by atoms with Crippen LogP contribution in [-0.2, 0) is 4.74 Å². The number of rotatable bonds is 6. The van der Waals surface area contributed by atoms with Crippen molar-refractivity contribution in [2.75, 3.05) is 6.61 Å². The fourth-order valence-electron chi connectivity index (χ4n) is 1.69. The standard InChI is InChI=1S/C12H20N2O5/c1-4-9(16)10(6-15)19-8(3)14-5-7(2)11(17)13-12(14)18/h5,8-10,15-16H,4,6H2,1-3H3,(H,13,17,18). The van der Waals surface area contributed by atoms with Crippen LogP contribution in [0.5, 0.6) is 0 Å². The van der Waals surface area contributed by atoms with E-state index in [2.05, 4.69) is 4.98 Å². The quantitative estimate of drug-likeness (QED) is 0.648. The maximum Gasteiger partial charge on any atom is 0.330 e. The summed E-state index contributed by atoms with van der Waals surface area (Å²) >= 11 is 0. The number of aliphatic hydroxyl groups excluding tert-OH is 2. The predicted octanol–water partition coefficient (Wildman–Crippen LogP) is -0.488. The van der Waals surface area contributed by atoms with E-state index >= 15 is 0 Å². The second kappa shape index (κ2) is 6.65. The molecule has 0 aliphatic carbocycles. The Labute approximate surface area is 110 Å². The van der Waals surface area contributed by atoms with E-state index in [4.69, 9.17) is 9.84 Å². The molecule has 0 aromatic carbocycles. The van der Waals surface area contributed by atoms with E-state index in [1.807, 2.05) is 0 Å². The van der Waals surface area contributed by atoms with Gasteiger partial charge >= 0.3 is 5.69 Å². The van der Waals surface area contributed by atoms with Gasteiger partial charge in [-0.3, -0.25) is 14.3 Å². The number of hydrogen-bond donors (Lipinski definition) is 3. The number of nitrogens with zero attached hydrogens (tertiary/aromatic N) is 1. The summed E-state index contributed by atoms with van der Waals surface area (Å²) in [6.07, 6.45) is -0.483. The van der Waals surface area contributed by atoms with Gasteiger partial charge < -0.3 is 14.9 Å². The first-order chi connectivity index (χ1) is 8.90. The maximum absolute atomic E-state index is 11.6. The van der Waals surface area contributed by atoms with Crippen molar-refractivity contribution in [2.45, 2.75) is 45.6 Å². The zero-order valence-electron chi connectivity index (χ0n) is 11.3. The molecule has 1 heterocycles. The average Bonchev–Trinajstić information content (AvgIpc) is 2.38. The molecule has 19 heavy (non-hydrogen) atoms. The van der Waals surface area contributed by atoms with Gasteiger partial charge in [-0.2, -0.15) is 0 Å². The Morgan fingerprint density at radius 2 is 2.11 bits per heavy atom. The Morgan fingerprint density at radius 3 is 2.63 bits per heavy atom. The minimum absolute atomic E-state index is 0.351. The molecule has 0 bridgehead atoms. The zero-order chi connectivity index (χ0) is 14.6. The van der Waals surface area contributed by atoms with Gasteiger partial charge in [-0.25, -0.2) is 4.79 Å². The van der Waals surface area contributed by atoms with Crippen molar-refractivity contribution in [1.29, 1.82) is 0 Å². The van der Waals surface area contributed by atoms with Gasteiger partial charge in [0, 0.05) is 11.8 Å². The van der Waals surface area contributed by atoms with Gasteiger partial charge in [-0.15, -0.1) is 0 Å². The molecule has 7 heteroatoms. The van der Waals surface area contributed by atoms with Crippen LogP contribution in [0.3, 0.4) is 0 Å². The van der Waals surface area contributed by atoms with Gasteiger partial charge in [-0.1, -0.05) is 6.92 Å². The molecule has 0 saturated carbocycles. The Kier molecular flexibility index (Phi) is 5.46. The first-order valence-electron chi connectivity index (χ1n) is 6.17. The van der Waals surface area contributed by atoms with Crippen LogP contribution in [0.1, 0.15) is 32.1 Å². The summed E-state index contributed by atoms with van der Waals surface area (Å²) in [5.41, 5.74) is -0.654. The molecular formula is C12H20N2O5. The normalized spacial score (nSPS) is 16.1. The largest absolute Gasteiger partial charge is 0.394 e. The van der Waals surface area contributed by atoms with Crippen molar-refractivity contribution in [3.63, 3.8) is 0 Å². The van der Waals surface area contributed by atoms with Crippen LogP contribution < -0.4 is 11.2 Å². The molecule has 0 spiro atoms. The number of aromatic nitrogens is 2. The summed E-state index contributed by atoms with van der Waals surface area (Å²) in [6, 6.07) is 0. The first-order valence-corrected chi connectivity index (χ1v) is 6.17. The molecule has 3 N–H and O–H groups in total. The van der Waals surface area contributed by atoms with Crippen molar-refractivity contribution in [3.05, 3.63) is 32.6 Å². The van der Waals surface area contributed by atoms with Gasteiger partial charge in [0.05, 0.1) is 12.7 Å². The Morgan fingerprint density at radius 1 is 1.47 bits per heavy atom. The SMILES string of the molecule is CCC(O)C(CO)OC(C)n1cc(C)c(=O)[nH]c1=O. The second-order valence-corrected chi connectivity index (χ2v) is 4.41. The fourth-order valence-corrected chi connectivity index (χ4v) is 1.69. The number of ether oxygens (including phenoxy) is 1. The van der Waals surface area contributed by atoms with Gasteiger partial charge in [0.25, 0.3) is 5.56 Å². The molecule has 0 fully saturated rings. The first kappa shape index (κ1) is 15.6. The van der Waals surface area contributed by atoms with E-state index in [0.717, 1.165) is 0 Å². The lowest BCUT2D eigenvalue weighted by molar-refractivity contribution is -0.118. The van der Waals surface area contributed by atoms with E-state index in [9.17, 15) is 14.7 Å². The minimum atomic E-state index is -0.813. The van der Waals surface area contributed by atoms with Gasteiger partial charge in [0.15, 0.2) is 0 Å². The third-order valence-electron chi connectivity index (χ3n) is 2.94. The van der Waals surface area contributed by atoms with E-state index in [-0.39, 0.29) is 6.61 Å². The predicted molar refractivity (Wildman–Crippen MR) is 69.0 cm³/mol. The van der Waals surface area contributed by atoms with Crippen molar-refractivity contribution in [1.82, 2.24) is 9.55 Å². The molecule has 1 aromatic heterocycles. The minimum Gasteiger partial charge on any atom is -0.394 e. The number of hydrogen-bond acceptors (Lipinski definition) is 5. The highest BCUT2D eigenvalue weighted by Crippen LogP contribution is 2.12. The van der Waals surface area contributed by atoms with Crippen LogP contribution in [0.4, 0.5) is 0 Å². The summed E-state index contributed by atoms with van der Waals surface area (Å²) < 4.78 is 6.67. The number of aliphatic hydroxyl groups is 2. The number of aromatic amines is 1. The summed E-state index contributed by atoms with van der Waals surface area (Å²) in [7, 11) is 0. The highest BCUT2D eigenvalue weighted by molar-refractivity contribution is 5.01. The Balaban J connectivity index is 2.95. The monoisotopic (exact) mass is 272 g/mol. The molecule has 0 amide bonds. The van der Waals surface area contributed by atoms with Crippen LogP contribution in [0, 0.1) is 6.92 Å². The van der Waals surface area contributed by atoms with Gasteiger partial charge in [0.1, 0.15) is 12.3 Å². The van der Waals surface area contributed by atoms with Crippen LogP contribution in [0.15, 0.2) is 15.8 Å². The van der Waals surface area contributed by atoms with E-state index < -0.39 is 29.7 Å². The number of H-pyrrole nitrogens is 1. The van der Waals surface area contributed by atoms with Crippen molar-refractivity contribution < 1.29 is 14.9 Å². The molecule has 0 aliphatic heterocycles. The molecular weight excluding hydrogens is 252 g/mol. The lowest BCUT2D eigenvalue weighted by atomic mass is 10.1. The smallest absolute Gasteiger partial charge is 0.330 e. The highest BCUT2D eigenvalue weighted by atomic mass is 16.5. The fraction of sp³-hybridized carbons (Fsp3) is 0.667. The third-order valence-corrected chi connectivity index (χ3v) is 2.94. The molecule has 7 nitrogen and oxygen atoms in total. The lowest BCUT2D eigenvalue weighted by Crippen LogP contribution is -2.38. The molecule has 1 rings (SSSR count). The zero-order valence-corrected chi connectivity index (χ0v) is 11.3. The number of nitrogens with one attached hydrogen (secondary N) is 1. The van der Waals surface area contributed by atoms with Gasteiger partial charge in [-0.05, 0) is 20.3 Å². The topological polar surface area (TPSA) is 105 Å². The maximum atomic E-state index is 11.6. The Bertz CT molecular complexity index is 522. The van der Waals surface area contributed by atoms with Crippen LogP contribution in [-0.4, -0.2) is 38.6 Å². The average molecular weight is 272 g/mol. The van der Waals surface area contributed by atoms with Crippen molar-refractivity contribution >= 4 is 0 Å². The third kappa shape index (κ3) is 3.76. The number of aryl methyl sites for hydroxylation is 1. The molecule has 3 unspecified atom stereocenters. The van der Waals surface area contributed by atoms with Crippen LogP contribution in [0.25, 0.3) is 0 Å². The molecule has 3 atom stereocenters. The highest BCUT2D eigenvalue weighted by Gasteiger charge is 2.21. The summed E-state index contributed by atoms with van der Waals surface area (Å²) in [5, 5.41) is 18.8. The van der Waals surface area contributed by atoms with Gasteiger partial charge in [0.2, 0.25) is 0 Å². The summed E-state index contributed by atoms with van der Waals surface area (Å²) in [6.45, 7) is 4.59. The second-order valence-electron chi connectivity index (χ2n) is 4.41. The molecule has 0 saturated heterocycles. The van der Waals surface area contributed by atoms with Crippen LogP contribution >= 0.6 is 0 Å². The molecule has 0 radical (unpaired) electrons. The lowest BCUT2D eigenvalue weighted by Gasteiger charge is -2.25. The van der Waals surface area contributed by atoms with E-state index in [0.29, 0.717) is 12.0 Å².